The number of para-hydroxylation sites is 1. The van der Waals surface area contributed by atoms with Crippen molar-refractivity contribution < 1.29 is 9.53 Å². The van der Waals surface area contributed by atoms with E-state index in [0.717, 1.165) is 35.4 Å². The van der Waals surface area contributed by atoms with Gasteiger partial charge in [-0.25, -0.2) is 0 Å². The highest BCUT2D eigenvalue weighted by molar-refractivity contribution is 8.14. The molecule has 1 amide bonds. The quantitative estimate of drug-likeness (QED) is 0.886. The van der Waals surface area contributed by atoms with Gasteiger partial charge in [0.2, 0.25) is 5.91 Å². The number of ether oxygens (including phenoxy) is 1. The third-order valence-electron chi connectivity index (χ3n) is 3.10. The number of amides is 1. The maximum absolute atomic E-state index is 11.9. The SMILES string of the molecule is O=C(CSC1=NCCN1)Nc1ccc(Oc2ccccc2)cc1. The Kier molecular flexibility index (Phi) is 5.16. The number of benzene rings is 2. The Labute approximate surface area is 139 Å². The number of aliphatic imine (C=N–C) groups is 1. The highest BCUT2D eigenvalue weighted by atomic mass is 32.2. The molecular weight excluding hydrogens is 310 g/mol. The molecule has 0 spiro atoms. The maximum Gasteiger partial charge on any atom is 0.234 e. The third-order valence-corrected chi connectivity index (χ3v) is 4.05. The van der Waals surface area contributed by atoms with Crippen LogP contribution in [0.3, 0.4) is 0 Å². The lowest BCUT2D eigenvalue weighted by Gasteiger charge is -2.08. The van der Waals surface area contributed by atoms with Crippen molar-refractivity contribution in [2.45, 2.75) is 0 Å². The lowest BCUT2D eigenvalue weighted by Crippen LogP contribution is -2.20. The largest absolute Gasteiger partial charge is 0.457 e. The van der Waals surface area contributed by atoms with E-state index >= 15 is 0 Å². The molecule has 2 N–H and O–H groups in total. The molecule has 0 atom stereocenters. The van der Waals surface area contributed by atoms with Crippen LogP contribution in [0, 0.1) is 0 Å². The fourth-order valence-electron chi connectivity index (χ4n) is 2.03. The number of carbonyl (C=O) groups excluding carboxylic acids is 1. The van der Waals surface area contributed by atoms with Gasteiger partial charge in [-0.15, -0.1) is 0 Å². The summed E-state index contributed by atoms with van der Waals surface area (Å²) >= 11 is 1.42. The zero-order valence-electron chi connectivity index (χ0n) is 12.5. The minimum atomic E-state index is -0.0527. The molecule has 0 fully saturated rings. The fraction of sp³-hybridized carbons (Fsp3) is 0.176. The van der Waals surface area contributed by atoms with E-state index in [4.69, 9.17) is 4.74 Å². The molecule has 0 aliphatic carbocycles. The van der Waals surface area contributed by atoms with Gasteiger partial charge in [-0.3, -0.25) is 9.79 Å². The van der Waals surface area contributed by atoms with Crippen LogP contribution in [-0.4, -0.2) is 29.9 Å². The van der Waals surface area contributed by atoms with Crippen LogP contribution in [0.25, 0.3) is 0 Å². The Morgan fingerprint density at radius 1 is 1.13 bits per heavy atom. The van der Waals surface area contributed by atoms with Crippen LogP contribution in [0.1, 0.15) is 0 Å². The molecule has 2 aromatic rings. The third kappa shape index (κ3) is 4.75. The van der Waals surface area contributed by atoms with Crippen molar-refractivity contribution in [3.63, 3.8) is 0 Å². The number of nitrogens with zero attached hydrogens (tertiary/aromatic N) is 1. The van der Waals surface area contributed by atoms with Gasteiger partial charge < -0.3 is 15.4 Å². The first-order valence-corrected chi connectivity index (χ1v) is 8.32. The molecule has 23 heavy (non-hydrogen) atoms. The van der Waals surface area contributed by atoms with Gasteiger partial charge in [-0.05, 0) is 36.4 Å². The van der Waals surface area contributed by atoms with E-state index in [1.165, 1.54) is 11.8 Å². The molecule has 0 radical (unpaired) electrons. The molecule has 0 saturated carbocycles. The molecule has 118 valence electrons. The Morgan fingerprint density at radius 3 is 2.57 bits per heavy atom. The summed E-state index contributed by atoms with van der Waals surface area (Å²) in [7, 11) is 0. The number of rotatable bonds is 5. The van der Waals surface area contributed by atoms with E-state index in [9.17, 15) is 4.79 Å². The van der Waals surface area contributed by atoms with Crippen LogP contribution in [0.15, 0.2) is 59.6 Å². The molecule has 3 rings (SSSR count). The second-order valence-corrected chi connectivity index (χ2v) is 5.85. The van der Waals surface area contributed by atoms with Crippen molar-refractivity contribution in [3.8, 4) is 11.5 Å². The Bertz CT molecular complexity index is 687. The van der Waals surface area contributed by atoms with Crippen molar-refractivity contribution in [2.75, 3.05) is 24.2 Å². The molecule has 5 nitrogen and oxygen atoms in total. The summed E-state index contributed by atoms with van der Waals surface area (Å²) in [6.07, 6.45) is 0. The second-order valence-electron chi connectivity index (χ2n) is 4.89. The predicted octanol–water partition coefficient (Wildman–Crippen LogP) is 3.11. The smallest absolute Gasteiger partial charge is 0.234 e. The molecule has 0 unspecified atom stereocenters. The number of thioether (sulfide) groups is 1. The van der Waals surface area contributed by atoms with E-state index in [2.05, 4.69) is 15.6 Å². The summed E-state index contributed by atoms with van der Waals surface area (Å²) in [5.41, 5.74) is 0.748. The van der Waals surface area contributed by atoms with Gasteiger partial charge in [0, 0.05) is 12.2 Å². The van der Waals surface area contributed by atoms with E-state index in [-0.39, 0.29) is 5.91 Å². The fourth-order valence-corrected chi connectivity index (χ4v) is 2.76. The molecule has 1 aliphatic heterocycles. The molecule has 6 heteroatoms. The number of nitrogens with one attached hydrogen (secondary N) is 2. The van der Waals surface area contributed by atoms with Crippen molar-refractivity contribution in [2.24, 2.45) is 4.99 Å². The van der Waals surface area contributed by atoms with Crippen molar-refractivity contribution in [1.82, 2.24) is 5.32 Å². The molecule has 1 heterocycles. The standard InChI is InChI=1S/C17H17N3O2S/c21-16(12-23-17-18-10-11-19-17)20-13-6-8-15(9-7-13)22-14-4-2-1-3-5-14/h1-9H,10-12H2,(H,18,19)(H,20,21). The summed E-state index contributed by atoms with van der Waals surface area (Å²) in [6, 6.07) is 16.9. The first kappa shape index (κ1) is 15.4. The minimum absolute atomic E-state index is 0.0527. The molecule has 0 bridgehead atoms. The van der Waals surface area contributed by atoms with Gasteiger partial charge >= 0.3 is 0 Å². The van der Waals surface area contributed by atoms with Crippen LogP contribution >= 0.6 is 11.8 Å². The first-order valence-electron chi connectivity index (χ1n) is 7.33. The zero-order chi connectivity index (χ0) is 15.9. The summed E-state index contributed by atoms with van der Waals surface area (Å²) in [5, 5.41) is 6.82. The monoisotopic (exact) mass is 327 g/mol. The number of anilines is 1. The molecule has 2 aromatic carbocycles. The molecule has 1 aliphatic rings. The number of hydrogen-bond donors (Lipinski definition) is 2. The lowest BCUT2D eigenvalue weighted by atomic mass is 10.3. The van der Waals surface area contributed by atoms with E-state index in [1.807, 2.05) is 54.6 Å². The van der Waals surface area contributed by atoms with Gasteiger partial charge in [0.15, 0.2) is 5.17 Å². The normalized spacial score (nSPS) is 13.1. The van der Waals surface area contributed by atoms with Crippen LogP contribution < -0.4 is 15.4 Å². The Balaban J connectivity index is 1.49. The van der Waals surface area contributed by atoms with Crippen LogP contribution in [0.5, 0.6) is 11.5 Å². The van der Waals surface area contributed by atoms with E-state index < -0.39 is 0 Å². The summed E-state index contributed by atoms with van der Waals surface area (Å²) in [6.45, 7) is 1.64. The van der Waals surface area contributed by atoms with Crippen molar-refractivity contribution in [1.29, 1.82) is 0 Å². The van der Waals surface area contributed by atoms with Gasteiger partial charge in [0.25, 0.3) is 0 Å². The Morgan fingerprint density at radius 2 is 1.87 bits per heavy atom. The van der Waals surface area contributed by atoms with Gasteiger partial charge in [0.05, 0.1) is 12.3 Å². The molecular formula is C17H17N3O2S. The minimum Gasteiger partial charge on any atom is -0.457 e. The molecule has 0 saturated heterocycles. The first-order chi connectivity index (χ1) is 11.3. The highest BCUT2D eigenvalue weighted by Gasteiger charge is 2.09. The van der Waals surface area contributed by atoms with Gasteiger partial charge in [0.1, 0.15) is 11.5 Å². The van der Waals surface area contributed by atoms with E-state index in [0.29, 0.717) is 5.75 Å². The zero-order valence-corrected chi connectivity index (χ0v) is 13.3. The van der Waals surface area contributed by atoms with Crippen LogP contribution in [0.2, 0.25) is 0 Å². The molecule has 0 aromatic heterocycles. The average molecular weight is 327 g/mol. The summed E-state index contributed by atoms with van der Waals surface area (Å²) < 4.78 is 5.71. The van der Waals surface area contributed by atoms with Gasteiger partial charge in [-0.1, -0.05) is 30.0 Å². The summed E-state index contributed by atoms with van der Waals surface area (Å²) in [5.74, 6) is 1.80. The average Bonchev–Trinajstić information content (AvgIpc) is 3.09. The Hall–Kier alpha value is -2.47. The van der Waals surface area contributed by atoms with Crippen LogP contribution in [0.4, 0.5) is 5.69 Å². The predicted molar refractivity (Wildman–Crippen MR) is 94.4 cm³/mol. The van der Waals surface area contributed by atoms with Crippen molar-refractivity contribution in [3.05, 3.63) is 54.6 Å². The lowest BCUT2D eigenvalue weighted by molar-refractivity contribution is -0.113. The number of amidine groups is 1. The van der Waals surface area contributed by atoms with E-state index in [1.54, 1.807) is 0 Å². The second kappa shape index (κ2) is 7.69. The van der Waals surface area contributed by atoms with Crippen molar-refractivity contribution >= 4 is 28.5 Å². The number of hydrogen-bond acceptors (Lipinski definition) is 5. The summed E-state index contributed by atoms with van der Waals surface area (Å²) in [4.78, 5) is 16.1. The number of carbonyl (C=O) groups is 1. The topological polar surface area (TPSA) is 62.7 Å². The highest BCUT2D eigenvalue weighted by Crippen LogP contribution is 2.22. The maximum atomic E-state index is 11.9. The van der Waals surface area contributed by atoms with Crippen LogP contribution in [-0.2, 0) is 4.79 Å². The van der Waals surface area contributed by atoms with Gasteiger partial charge in [-0.2, -0.15) is 0 Å².